The summed E-state index contributed by atoms with van der Waals surface area (Å²) in [7, 11) is 9.86. The van der Waals surface area contributed by atoms with Gasteiger partial charge in [0.1, 0.15) is 0 Å². The molecule has 0 unspecified atom stereocenters. The topological polar surface area (TPSA) is 61.9 Å². The Hall–Kier alpha value is -0.320. The Kier molecular flexibility index (Phi) is 26.3. The Morgan fingerprint density at radius 1 is 0.318 bits per heavy atom. The molecule has 0 atom stereocenters. The summed E-state index contributed by atoms with van der Waals surface area (Å²) in [5.74, 6) is -1.71. The zero-order chi connectivity index (χ0) is 32.2. The van der Waals surface area contributed by atoms with Gasteiger partial charge >= 0.3 is 0 Å². The van der Waals surface area contributed by atoms with Crippen LogP contribution in [0.25, 0.3) is 0 Å². The normalized spacial score (nSPS) is 15.4. The van der Waals surface area contributed by atoms with E-state index in [1.165, 1.54) is 155 Å². The van der Waals surface area contributed by atoms with Gasteiger partial charge in [0, 0.05) is 81.7 Å². The van der Waals surface area contributed by atoms with E-state index in [9.17, 15) is 0 Å². The highest BCUT2D eigenvalue weighted by molar-refractivity contribution is 4.72. The first kappa shape index (κ1) is 41.7. The van der Waals surface area contributed by atoms with E-state index in [1.807, 2.05) is 0 Å². The largest absolute Gasteiger partial charge is 0.331 e. The van der Waals surface area contributed by atoms with Crippen molar-refractivity contribution in [2.24, 2.45) is 0 Å². The molecule has 0 spiro atoms. The molecule has 0 N–H and O–H groups in total. The average Bonchev–Trinajstić information content (AvgIpc) is 3.07. The highest BCUT2D eigenvalue weighted by atomic mass is 16.9. The molecule has 0 bridgehead atoms. The number of methoxy groups -OCH3 is 6. The highest BCUT2D eigenvalue weighted by Gasteiger charge is 2.29. The summed E-state index contributed by atoms with van der Waals surface area (Å²) in [5, 5.41) is 0. The number of unbranched alkanes of at least 4 members (excludes halogenated alkanes) is 18. The fourth-order valence-electron chi connectivity index (χ4n) is 6.53. The Morgan fingerprint density at radius 3 is 0.750 bits per heavy atom. The number of hydrogen-bond acceptors (Lipinski definition) is 8. The summed E-state index contributed by atoms with van der Waals surface area (Å²) >= 11 is 0. The summed E-state index contributed by atoms with van der Waals surface area (Å²) in [4.78, 5) is 5.40. The van der Waals surface area contributed by atoms with Gasteiger partial charge in [-0.3, -0.25) is 0 Å². The minimum atomic E-state index is -0.856. The molecule has 0 amide bonds. The zero-order valence-corrected chi connectivity index (χ0v) is 30.1. The first-order valence-corrected chi connectivity index (χ1v) is 18.3. The molecule has 0 saturated carbocycles. The van der Waals surface area contributed by atoms with Crippen LogP contribution in [0.4, 0.5) is 0 Å². The monoisotopic (exact) mass is 631 g/mol. The number of nitrogens with zero attached hydrogens (tertiary/aromatic N) is 2. The summed E-state index contributed by atoms with van der Waals surface area (Å²) in [6, 6.07) is 0. The molecule has 8 nitrogen and oxygen atoms in total. The second-order valence-electron chi connectivity index (χ2n) is 12.8. The van der Waals surface area contributed by atoms with Crippen molar-refractivity contribution in [2.45, 2.75) is 153 Å². The zero-order valence-electron chi connectivity index (χ0n) is 30.1. The summed E-state index contributed by atoms with van der Waals surface area (Å²) < 4.78 is 32.2. The predicted molar refractivity (Wildman–Crippen MR) is 182 cm³/mol. The fraction of sp³-hybridized carbons (Fsp3) is 1.00. The fourth-order valence-corrected chi connectivity index (χ4v) is 6.53. The molecule has 1 heterocycles. The lowest BCUT2D eigenvalue weighted by atomic mass is 10.0. The molecule has 0 radical (unpaired) electrons. The van der Waals surface area contributed by atoms with E-state index in [-0.39, 0.29) is 0 Å². The van der Waals surface area contributed by atoms with Gasteiger partial charge in [0.05, 0.1) is 0 Å². The molecular formula is C36H74N2O6. The first-order valence-electron chi connectivity index (χ1n) is 18.3. The third kappa shape index (κ3) is 19.4. The molecule has 264 valence electrons. The van der Waals surface area contributed by atoms with Crippen LogP contribution in [-0.2, 0) is 28.4 Å². The maximum atomic E-state index is 5.37. The van der Waals surface area contributed by atoms with Gasteiger partial charge in [-0.15, -0.1) is 0 Å². The lowest BCUT2D eigenvalue weighted by molar-refractivity contribution is -0.355. The van der Waals surface area contributed by atoms with Crippen LogP contribution in [0.2, 0.25) is 0 Å². The van der Waals surface area contributed by atoms with Crippen LogP contribution >= 0.6 is 0 Å². The highest BCUT2D eigenvalue weighted by Crippen LogP contribution is 2.23. The van der Waals surface area contributed by atoms with E-state index in [1.54, 1.807) is 42.7 Å². The number of piperazine rings is 1. The number of hydrogen-bond donors (Lipinski definition) is 0. The van der Waals surface area contributed by atoms with Crippen molar-refractivity contribution < 1.29 is 28.4 Å². The lowest BCUT2D eigenvalue weighted by Crippen LogP contribution is -2.46. The molecule has 1 saturated heterocycles. The number of ether oxygens (including phenoxy) is 6. The van der Waals surface area contributed by atoms with Crippen molar-refractivity contribution in [3.05, 3.63) is 0 Å². The van der Waals surface area contributed by atoms with E-state index < -0.39 is 11.9 Å². The van der Waals surface area contributed by atoms with Gasteiger partial charge < -0.3 is 38.2 Å². The van der Waals surface area contributed by atoms with Crippen LogP contribution in [-0.4, -0.2) is 104 Å². The Bertz CT molecular complexity index is 541. The molecule has 0 aliphatic carbocycles. The molecule has 1 fully saturated rings. The van der Waals surface area contributed by atoms with Crippen molar-refractivity contribution in [1.82, 2.24) is 9.80 Å². The van der Waals surface area contributed by atoms with Crippen LogP contribution in [0.3, 0.4) is 0 Å². The number of rotatable bonds is 32. The second kappa shape index (κ2) is 27.8. The Labute approximate surface area is 273 Å². The molecular weight excluding hydrogens is 556 g/mol. The average molecular weight is 631 g/mol. The van der Waals surface area contributed by atoms with Crippen LogP contribution in [0.5, 0.6) is 0 Å². The van der Waals surface area contributed by atoms with Gasteiger partial charge in [0.15, 0.2) is 0 Å². The quantitative estimate of drug-likeness (QED) is 0.0543. The van der Waals surface area contributed by atoms with Crippen LogP contribution < -0.4 is 0 Å². The van der Waals surface area contributed by atoms with E-state index in [4.69, 9.17) is 28.4 Å². The standard InChI is InChI=1S/C36H74N2O6/c1-39-35(40-2,41-3)27-23-19-15-11-7-9-13-17-21-25-29-37-31-33-38(34-32-37)30-26-22-18-14-10-8-12-16-20-24-28-36(42-4,43-5)44-6/h7-34H2,1-6H3. The van der Waals surface area contributed by atoms with Crippen molar-refractivity contribution in [3.63, 3.8) is 0 Å². The van der Waals surface area contributed by atoms with E-state index in [0.29, 0.717) is 0 Å². The first-order chi connectivity index (χ1) is 21.5. The molecule has 1 aliphatic rings. The molecule has 8 heteroatoms. The second-order valence-corrected chi connectivity index (χ2v) is 12.8. The van der Waals surface area contributed by atoms with E-state index in [2.05, 4.69) is 9.80 Å². The van der Waals surface area contributed by atoms with Gasteiger partial charge in [0.25, 0.3) is 11.9 Å². The van der Waals surface area contributed by atoms with Crippen molar-refractivity contribution in [1.29, 1.82) is 0 Å². The van der Waals surface area contributed by atoms with Crippen LogP contribution in [0, 0.1) is 0 Å². The van der Waals surface area contributed by atoms with E-state index >= 15 is 0 Å². The van der Waals surface area contributed by atoms with Gasteiger partial charge in [-0.25, -0.2) is 0 Å². The molecule has 1 rings (SSSR count). The third-order valence-electron chi connectivity index (χ3n) is 9.75. The molecule has 0 aromatic rings. The molecule has 44 heavy (non-hydrogen) atoms. The molecule has 1 aliphatic heterocycles. The van der Waals surface area contributed by atoms with Crippen molar-refractivity contribution in [3.8, 4) is 0 Å². The smallest absolute Gasteiger partial charge is 0.282 e. The maximum absolute atomic E-state index is 5.37. The lowest BCUT2D eigenvalue weighted by Gasteiger charge is -2.34. The summed E-state index contributed by atoms with van der Waals surface area (Å²) in [6.07, 6.45) is 28.1. The molecule has 0 aromatic carbocycles. The minimum Gasteiger partial charge on any atom is -0.331 e. The minimum absolute atomic E-state index is 0.789. The maximum Gasteiger partial charge on any atom is 0.282 e. The SMILES string of the molecule is COC(CCCCCCCCCCCCN1CCN(CCCCCCCCCCCCC(OC)(OC)OC)CC1)(OC)OC. The van der Waals surface area contributed by atoms with E-state index in [0.717, 1.165) is 25.7 Å². The van der Waals surface area contributed by atoms with Crippen molar-refractivity contribution in [2.75, 3.05) is 81.9 Å². The Morgan fingerprint density at radius 2 is 0.523 bits per heavy atom. The van der Waals surface area contributed by atoms with Gasteiger partial charge in [-0.05, 0) is 38.8 Å². The van der Waals surface area contributed by atoms with Gasteiger partial charge in [-0.2, -0.15) is 0 Å². The van der Waals surface area contributed by atoms with Gasteiger partial charge in [-0.1, -0.05) is 103 Å². The Balaban J connectivity index is 1.83. The van der Waals surface area contributed by atoms with Crippen molar-refractivity contribution >= 4 is 0 Å². The summed E-state index contributed by atoms with van der Waals surface area (Å²) in [6.45, 7) is 7.67. The van der Waals surface area contributed by atoms with Crippen LogP contribution in [0.15, 0.2) is 0 Å². The third-order valence-corrected chi connectivity index (χ3v) is 9.75. The van der Waals surface area contributed by atoms with Crippen LogP contribution in [0.1, 0.15) is 141 Å². The van der Waals surface area contributed by atoms with Gasteiger partial charge in [0.2, 0.25) is 0 Å². The summed E-state index contributed by atoms with van der Waals surface area (Å²) in [5.41, 5.74) is 0. The predicted octanol–water partition coefficient (Wildman–Crippen LogP) is 8.37. The molecule has 0 aromatic heterocycles.